The highest BCUT2D eigenvalue weighted by molar-refractivity contribution is 4.95. The first-order valence-corrected chi connectivity index (χ1v) is 5.09. The van der Waals surface area contributed by atoms with Crippen LogP contribution in [0.5, 0.6) is 0 Å². The van der Waals surface area contributed by atoms with Crippen molar-refractivity contribution in [3.8, 4) is 0 Å². The van der Waals surface area contributed by atoms with Gasteiger partial charge in [0.05, 0.1) is 18.8 Å². The van der Waals surface area contributed by atoms with E-state index >= 15 is 0 Å². The SMILES string of the molecule is Cc1ccn(CC(N)C2CCOC2)n1. The number of nitrogens with zero attached hydrogens (tertiary/aromatic N) is 2. The van der Waals surface area contributed by atoms with Crippen LogP contribution in [-0.2, 0) is 11.3 Å². The van der Waals surface area contributed by atoms with Gasteiger partial charge in [0.2, 0.25) is 0 Å². The van der Waals surface area contributed by atoms with Gasteiger partial charge in [-0.05, 0) is 19.4 Å². The molecule has 4 heteroatoms. The van der Waals surface area contributed by atoms with Crippen LogP contribution in [0.25, 0.3) is 0 Å². The minimum atomic E-state index is 0.164. The molecule has 1 aliphatic rings. The molecule has 4 nitrogen and oxygen atoms in total. The molecule has 2 atom stereocenters. The first-order chi connectivity index (χ1) is 6.75. The Morgan fingerprint density at radius 1 is 1.79 bits per heavy atom. The highest BCUT2D eigenvalue weighted by Crippen LogP contribution is 2.16. The van der Waals surface area contributed by atoms with Crippen LogP contribution in [-0.4, -0.2) is 29.0 Å². The predicted octanol–water partition coefficient (Wildman–Crippen LogP) is 0.555. The molecule has 1 aromatic rings. The van der Waals surface area contributed by atoms with Crippen molar-refractivity contribution in [3.63, 3.8) is 0 Å². The molecular formula is C10H17N3O. The molecular weight excluding hydrogens is 178 g/mol. The van der Waals surface area contributed by atoms with Crippen molar-refractivity contribution < 1.29 is 4.74 Å². The first kappa shape index (κ1) is 9.68. The van der Waals surface area contributed by atoms with Gasteiger partial charge in [0.1, 0.15) is 0 Å². The van der Waals surface area contributed by atoms with Crippen LogP contribution < -0.4 is 5.73 Å². The van der Waals surface area contributed by atoms with Crippen molar-refractivity contribution in [1.82, 2.24) is 9.78 Å². The second kappa shape index (κ2) is 4.11. The fourth-order valence-electron chi connectivity index (χ4n) is 1.82. The summed E-state index contributed by atoms with van der Waals surface area (Å²) in [5.41, 5.74) is 7.12. The predicted molar refractivity (Wildman–Crippen MR) is 53.9 cm³/mol. The van der Waals surface area contributed by atoms with E-state index in [9.17, 15) is 0 Å². The monoisotopic (exact) mass is 195 g/mol. The third-order valence-electron chi connectivity index (χ3n) is 2.74. The third-order valence-corrected chi connectivity index (χ3v) is 2.74. The number of hydrogen-bond donors (Lipinski definition) is 1. The van der Waals surface area contributed by atoms with Crippen molar-refractivity contribution in [2.24, 2.45) is 11.7 Å². The Labute approximate surface area is 84.0 Å². The average Bonchev–Trinajstić information content (AvgIpc) is 2.75. The van der Waals surface area contributed by atoms with Crippen LogP contribution in [0.15, 0.2) is 12.3 Å². The summed E-state index contributed by atoms with van der Waals surface area (Å²) in [7, 11) is 0. The molecule has 0 aliphatic carbocycles. The van der Waals surface area contributed by atoms with Crippen LogP contribution in [0.3, 0.4) is 0 Å². The van der Waals surface area contributed by atoms with E-state index in [1.165, 1.54) is 0 Å². The van der Waals surface area contributed by atoms with E-state index in [1.807, 2.05) is 23.9 Å². The second-order valence-corrected chi connectivity index (χ2v) is 3.97. The van der Waals surface area contributed by atoms with E-state index in [2.05, 4.69) is 5.10 Å². The van der Waals surface area contributed by atoms with Gasteiger partial charge in [-0.3, -0.25) is 4.68 Å². The van der Waals surface area contributed by atoms with Crippen molar-refractivity contribution in [1.29, 1.82) is 0 Å². The number of nitrogens with two attached hydrogens (primary N) is 1. The summed E-state index contributed by atoms with van der Waals surface area (Å²) >= 11 is 0. The standard InChI is InChI=1S/C10H17N3O/c1-8-2-4-13(12-8)6-10(11)9-3-5-14-7-9/h2,4,9-10H,3,5-7,11H2,1H3. The maximum atomic E-state index is 6.08. The number of aryl methyl sites for hydroxylation is 1. The van der Waals surface area contributed by atoms with E-state index in [0.717, 1.165) is 31.9 Å². The van der Waals surface area contributed by atoms with Crippen molar-refractivity contribution in [2.45, 2.75) is 25.9 Å². The van der Waals surface area contributed by atoms with Gasteiger partial charge in [0, 0.05) is 24.8 Å². The molecule has 0 radical (unpaired) electrons. The van der Waals surface area contributed by atoms with E-state index in [-0.39, 0.29) is 6.04 Å². The maximum Gasteiger partial charge on any atom is 0.0593 e. The van der Waals surface area contributed by atoms with Gasteiger partial charge in [-0.1, -0.05) is 0 Å². The minimum absolute atomic E-state index is 0.164. The van der Waals surface area contributed by atoms with E-state index in [4.69, 9.17) is 10.5 Å². The highest BCUT2D eigenvalue weighted by atomic mass is 16.5. The molecule has 2 N–H and O–H groups in total. The Kier molecular flexibility index (Phi) is 2.84. The molecule has 2 rings (SSSR count). The second-order valence-electron chi connectivity index (χ2n) is 3.97. The third kappa shape index (κ3) is 2.13. The zero-order valence-corrected chi connectivity index (χ0v) is 8.52. The normalized spacial score (nSPS) is 24.0. The smallest absolute Gasteiger partial charge is 0.0593 e. The topological polar surface area (TPSA) is 53.1 Å². The lowest BCUT2D eigenvalue weighted by atomic mass is 10.0. The Bertz CT molecular complexity index is 291. The number of hydrogen-bond acceptors (Lipinski definition) is 3. The molecule has 1 aromatic heterocycles. The number of aromatic nitrogens is 2. The van der Waals surface area contributed by atoms with Gasteiger partial charge >= 0.3 is 0 Å². The highest BCUT2D eigenvalue weighted by Gasteiger charge is 2.22. The van der Waals surface area contributed by atoms with E-state index < -0.39 is 0 Å². The van der Waals surface area contributed by atoms with Gasteiger partial charge in [-0.15, -0.1) is 0 Å². The molecule has 14 heavy (non-hydrogen) atoms. The summed E-state index contributed by atoms with van der Waals surface area (Å²) in [4.78, 5) is 0. The summed E-state index contributed by atoms with van der Waals surface area (Å²) < 4.78 is 7.23. The Morgan fingerprint density at radius 2 is 2.64 bits per heavy atom. The molecule has 1 aliphatic heterocycles. The first-order valence-electron chi connectivity index (χ1n) is 5.09. The van der Waals surface area contributed by atoms with Crippen molar-refractivity contribution >= 4 is 0 Å². The molecule has 0 bridgehead atoms. The van der Waals surface area contributed by atoms with Gasteiger partial charge in [0.15, 0.2) is 0 Å². The van der Waals surface area contributed by atoms with Gasteiger partial charge in [-0.2, -0.15) is 5.10 Å². The summed E-state index contributed by atoms with van der Waals surface area (Å²) in [5, 5.41) is 4.32. The van der Waals surface area contributed by atoms with Crippen LogP contribution >= 0.6 is 0 Å². The zero-order valence-electron chi connectivity index (χ0n) is 8.52. The molecule has 1 saturated heterocycles. The molecule has 0 aromatic carbocycles. The van der Waals surface area contributed by atoms with Crippen LogP contribution in [0.2, 0.25) is 0 Å². The largest absolute Gasteiger partial charge is 0.381 e. The lowest BCUT2D eigenvalue weighted by Gasteiger charge is -2.17. The molecule has 2 heterocycles. The quantitative estimate of drug-likeness (QED) is 0.766. The van der Waals surface area contributed by atoms with Crippen LogP contribution in [0.4, 0.5) is 0 Å². The number of ether oxygens (including phenoxy) is 1. The molecule has 2 unspecified atom stereocenters. The molecule has 78 valence electrons. The van der Waals surface area contributed by atoms with Crippen LogP contribution in [0.1, 0.15) is 12.1 Å². The number of rotatable bonds is 3. The lowest BCUT2D eigenvalue weighted by Crippen LogP contribution is -2.35. The zero-order chi connectivity index (χ0) is 9.97. The fourth-order valence-corrected chi connectivity index (χ4v) is 1.82. The van der Waals surface area contributed by atoms with Gasteiger partial charge < -0.3 is 10.5 Å². The average molecular weight is 195 g/mol. The van der Waals surface area contributed by atoms with E-state index in [0.29, 0.717) is 5.92 Å². The molecule has 0 amide bonds. The molecule has 0 spiro atoms. The summed E-state index contributed by atoms with van der Waals surface area (Å²) in [6.07, 6.45) is 3.06. The fraction of sp³-hybridized carbons (Fsp3) is 0.700. The van der Waals surface area contributed by atoms with Crippen molar-refractivity contribution in [3.05, 3.63) is 18.0 Å². The Hall–Kier alpha value is -0.870. The summed E-state index contributed by atoms with van der Waals surface area (Å²) in [5.74, 6) is 0.500. The van der Waals surface area contributed by atoms with Gasteiger partial charge in [-0.25, -0.2) is 0 Å². The van der Waals surface area contributed by atoms with Crippen molar-refractivity contribution in [2.75, 3.05) is 13.2 Å². The van der Waals surface area contributed by atoms with Crippen LogP contribution in [0, 0.1) is 12.8 Å². The van der Waals surface area contributed by atoms with Gasteiger partial charge in [0.25, 0.3) is 0 Å². The van der Waals surface area contributed by atoms with E-state index in [1.54, 1.807) is 0 Å². The summed E-state index contributed by atoms with van der Waals surface area (Å²) in [6, 6.07) is 2.16. The minimum Gasteiger partial charge on any atom is -0.381 e. The molecule has 0 saturated carbocycles. The Morgan fingerprint density at radius 3 is 3.21 bits per heavy atom. The maximum absolute atomic E-state index is 6.08. The molecule has 1 fully saturated rings. The summed E-state index contributed by atoms with van der Waals surface area (Å²) in [6.45, 7) is 4.44. The Balaban J connectivity index is 1.90. The lowest BCUT2D eigenvalue weighted by molar-refractivity contribution is 0.178.